The van der Waals surface area contributed by atoms with Crippen molar-refractivity contribution in [1.82, 2.24) is 20.0 Å². The Kier molecular flexibility index (Phi) is 8.54. The van der Waals surface area contributed by atoms with E-state index in [4.69, 9.17) is 9.15 Å². The third kappa shape index (κ3) is 7.63. The Morgan fingerprint density at radius 1 is 1.11 bits per heavy atom. The molecule has 0 fully saturated rings. The highest BCUT2D eigenvalue weighted by Gasteiger charge is 2.37. The molecule has 4 aromatic rings. The van der Waals surface area contributed by atoms with Gasteiger partial charge in [-0.3, -0.25) is 4.68 Å². The van der Waals surface area contributed by atoms with E-state index in [0.717, 1.165) is 37.1 Å². The number of aromatic nitrogens is 4. The van der Waals surface area contributed by atoms with Gasteiger partial charge in [0.15, 0.2) is 10.8 Å². The summed E-state index contributed by atoms with van der Waals surface area (Å²) in [5.74, 6) is 1.07. The van der Waals surface area contributed by atoms with Gasteiger partial charge in [0.1, 0.15) is 24.3 Å². The first-order valence-corrected chi connectivity index (χ1v) is 12.7. The van der Waals surface area contributed by atoms with E-state index in [-0.39, 0.29) is 11.5 Å². The number of halogens is 3. The molecule has 1 atom stereocenters. The van der Waals surface area contributed by atoms with Crippen molar-refractivity contribution >= 4 is 23.0 Å². The summed E-state index contributed by atoms with van der Waals surface area (Å²) in [5.41, 5.74) is -1.13. The van der Waals surface area contributed by atoms with E-state index in [9.17, 15) is 17.4 Å². The number of hydrogen-bond donors (Lipinski definition) is 0. The summed E-state index contributed by atoms with van der Waals surface area (Å²) < 4.78 is 62.2. The molecule has 0 aliphatic heterocycles. The highest BCUT2D eigenvalue weighted by molar-refractivity contribution is 7.86. The van der Waals surface area contributed by atoms with Gasteiger partial charge in [-0.05, 0) is 73.2 Å². The molecule has 37 heavy (non-hydrogen) atoms. The summed E-state index contributed by atoms with van der Waals surface area (Å²) in [6.45, 7) is 3.14. The van der Waals surface area contributed by atoms with Crippen LogP contribution in [0.3, 0.4) is 0 Å². The van der Waals surface area contributed by atoms with Crippen LogP contribution in [0.2, 0.25) is 0 Å². The lowest BCUT2D eigenvalue weighted by atomic mass is 10.0. The maximum Gasteiger partial charge on any atom is 0.475 e. The molecule has 2 heterocycles. The molecule has 0 bridgehead atoms. The van der Waals surface area contributed by atoms with Gasteiger partial charge in [-0.1, -0.05) is 23.4 Å². The van der Waals surface area contributed by atoms with E-state index < -0.39 is 16.3 Å². The Balaban J connectivity index is 1.25. The zero-order valence-corrected chi connectivity index (χ0v) is 20.8. The molecule has 194 valence electrons. The van der Waals surface area contributed by atoms with Crippen LogP contribution in [0.4, 0.5) is 13.2 Å². The lowest BCUT2D eigenvalue weighted by Crippen LogP contribution is -2.16. The number of rotatable bonds is 11. The molecule has 2 aromatic carbocycles. The van der Waals surface area contributed by atoms with Crippen molar-refractivity contribution in [2.45, 2.75) is 49.7 Å². The Bertz CT molecular complexity index is 1350. The lowest BCUT2D eigenvalue weighted by Gasteiger charge is -2.09. The largest absolute Gasteiger partial charge is 0.487 e. The van der Waals surface area contributed by atoms with Gasteiger partial charge in [0.2, 0.25) is 5.89 Å². The van der Waals surface area contributed by atoms with E-state index in [2.05, 4.69) is 28.3 Å². The molecule has 2 aromatic heterocycles. The molecule has 0 N–H and O–H groups in total. The maximum absolute atomic E-state index is 12.6. The normalized spacial score (nSPS) is 12.8. The maximum atomic E-state index is 12.6. The topological polar surface area (TPSA) is 83.0 Å². The SMILES string of the molecule is Cc1cc(OCc2coc(/C=C/c3ccc(S(=O)C(F)(F)F)cc3)n2)ccc1CCCCn1ccnn1. The van der Waals surface area contributed by atoms with Gasteiger partial charge in [0.05, 0.1) is 6.20 Å². The van der Waals surface area contributed by atoms with E-state index in [1.807, 2.05) is 23.0 Å². The number of benzene rings is 2. The summed E-state index contributed by atoms with van der Waals surface area (Å²) in [4.78, 5) is 4.04. The predicted octanol–water partition coefficient (Wildman–Crippen LogP) is 5.97. The van der Waals surface area contributed by atoms with Crippen LogP contribution >= 0.6 is 0 Å². The first-order chi connectivity index (χ1) is 17.8. The van der Waals surface area contributed by atoms with Crippen LogP contribution < -0.4 is 4.74 Å². The summed E-state index contributed by atoms with van der Waals surface area (Å²) in [6, 6.07) is 11.3. The van der Waals surface area contributed by atoms with Crippen molar-refractivity contribution in [3.05, 3.63) is 89.4 Å². The van der Waals surface area contributed by atoms with Crippen molar-refractivity contribution in [2.24, 2.45) is 0 Å². The van der Waals surface area contributed by atoms with Crippen LogP contribution in [0.5, 0.6) is 5.75 Å². The Labute approximate surface area is 214 Å². The molecule has 4 rings (SSSR count). The van der Waals surface area contributed by atoms with Crippen molar-refractivity contribution < 1.29 is 26.5 Å². The molecular formula is C26H25F3N4O3S. The van der Waals surface area contributed by atoms with E-state index in [0.29, 0.717) is 17.1 Å². The second-order valence-corrected chi connectivity index (χ2v) is 9.77. The highest BCUT2D eigenvalue weighted by Crippen LogP contribution is 2.26. The first-order valence-electron chi connectivity index (χ1n) is 11.6. The van der Waals surface area contributed by atoms with E-state index in [1.165, 1.54) is 36.1 Å². The number of oxazole rings is 1. The molecule has 1 unspecified atom stereocenters. The van der Waals surface area contributed by atoms with Gasteiger partial charge in [0.25, 0.3) is 0 Å². The minimum atomic E-state index is -4.78. The quantitative estimate of drug-likeness (QED) is 0.222. The lowest BCUT2D eigenvalue weighted by molar-refractivity contribution is -0.0384. The molecule has 0 aliphatic carbocycles. The minimum Gasteiger partial charge on any atom is -0.487 e. The van der Waals surface area contributed by atoms with E-state index >= 15 is 0 Å². The summed E-state index contributed by atoms with van der Waals surface area (Å²) in [7, 11) is -3.05. The van der Waals surface area contributed by atoms with Gasteiger partial charge >= 0.3 is 5.51 Å². The average molecular weight is 531 g/mol. The van der Waals surface area contributed by atoms with E-state index in [1.54, 1.807) is 18.3 Å². The van der Waals surface area contributed by atoms with Crippen molar-refractivity contribution in [1.29, 1.82) is 0 Å². The zero-order valence-electron chi connectivity index (χ0n) is 20.0. The highest BCUT2D eigenvalue weighted by atomic mass is 32.2. The summed E-state index contributed by atoms with van der Waals surface area (Å²) >= 11 is 0. The van der Waals surface area contributed by atoms with Gasteiger partial charge in [-0.15, -0.1) is 5.10 Å². The Morgan fingerprint density at radius 2 is 1.92 bits per heavy atom. The second-order valence-electron chi connectivity index (χ2n) is 8.29. The summed E-state index contributed by atoms with van der Waals surface area (Å²) in [5, 5.41) is 7.78. The van der Waals surface area contributed by atoms with Gasteiger partial charge in [-0.25, -0.2) is 9.19 Å². The van der Waals surface area contributed by atoms with Crippen LogP contribution in [0.25, 0.3) is 12.2 Å². The van der Waals surface area contributed by atoms with Gasteiger partial charge in [-0.2, -0.15) is 13.2 Å². The van der Waals surface area contributed by atoms with Crippen molar-refractivity contribution in [3.63, 3.8) is 0 Å². The summed E-state index contributed by atoms with van der Waals surface area (Å²) in [6.07, 6.45) is 11.3. The van der Waals surface area contributed by atoms with Gasteiger partial charge in [0, 0.05) is 23.7 Å². The third-order valence-electron chi connectivity index (χ3n) is 5.55. The molecule has 0 amide bonds. The standard InChI is InChI=1S/C26H25F3N4O3S/c1-19-16-23(9-8-21(19)4-2-3-14-33-15-13-30-32-33)35-17-22-18-36-25(31-22)12-7-20-5-10-24(11-6-20)37(34)26(27,28)29/h5-13,15-16,18H,2-4,14,17H2,1H3/b12-7+. The Hall–Kier alpha value is -3.73. The third-order valence-corrected chi connectivity index (χ3v) is 6.67. The molecule has 11 heteroatoms. The predicted molar refractivity (Wildman–Crippen MR) is 133 cm³/mol. The average Bonchev–Trinajstić information content (AvgIpc) is 3.56. The molecule has 7 nitrogen and oxygen atoms in total. The second kappa shape index (κ2) is 12.0. The fraction of sp³-hybridized carbons (Fsp3) is 0.269. The molecule has 0 spiro atoms. The number of alkyl halides is 3. The molecule has 0 saturated heterocycles. The minimum absolute atomic E-state index is 0.228. The molecular weight excluding hydrogens is 505 g/mol. The number of unbranched alkanes of at least 4 members (excludes halogenated alkanes) is 1. The number of aryl methyl sites for hydroxylation is 3. The fourth-order valence-electron chi connectivity index (χ4n) is 3.61. The number of ether oxygens (including phenoxy) is 1. The van der Waals surface area contributed by atoms with Crippen molar-refractivity contribution in [2.75, 3.05) is 0 Å². The molecule has 0 aliphatic rings. The Morgan fingerprint density at radius 3 is 2.62 bits per heavy atom. The van der Waals surface area contributed by atoms with Crippen LogP contribution in [0, 0.1) is 6.92 Å². The van der Waals surface area contributed by atoms with Crippen LogP contribution in [0.15, 0.2) is 70.4 Å². The number of hydrogen-bond acceptors (Lipinski definition) is 6. The smallest absolute Gasteiger partial charge is 0.475 e. The monoisotopic (exact) mass is 530 g/mol. The van der Waals surface area contributed by atoms with Crippen molar-refractivity contribution in [3.8, 4) is 5.75 Å². The van der Waals surface area contributed by atoms with Crippen LogP contribution in [-0.2, 0) is 30.4 Å². The van der Waals surface area contributed by atoms with Gasteiger partial charge < -0.3 is 9.15 Å². The van der Waals surface area contributed by atoms with Crippen LogP contribution in [0.1, 0.15) is 41.1 Å². The zero-order chi connectivity index (χ0) is 26.3. The molecule has 0 saturated carbocycles. The van der Waals surface area contributed by atoms with Crippen LogP contribution in [-0.4, -0.2) is 29.7 Å². The first kappa shape index (κ1) is 26.3. The molecule has 0 radical (unpaired) electrons. The number of nitrogens with zero attached hydrogens (tertiary/aromatic N) is 4. The fourth-order valence-corrected chi connectivity index (χ4v) is 4.26.